The minimum Gasteiger partial charge on any atom is -0.462 e. The van der Waals surface area contributed by atoms with Crippen LogP contribution in [-0.2, 0) is 28.6 Å². The van der Waals surface area contributed by atoms with Gasteiger partial charge in [-0.2, -0.15) is 0 Å². The molecule has 0 aromatic rings. The molecule has 0 radical (unpaired) electrons. The Morgan fingerprint density at radius 1 is 0.296 bits per heavy atom. The van der Waals surface area contributed by atoms with Crippen molar-refractivity contribution >= 4 is 17.9 Å². The molecule has 1 atom stereocenters. The second-order valence-corrected chi connectivity index (χ2v) is 20.6. The first kappa shape index (κ1) is 68.1. The maximum atomic E-state index is 12.8. The number of rotatable bonds is 56. The molecule has 0 saturated carbocycles. The molecule has 0 heterocycles. The third-order valence-electron chi connectivity index (χ3n) is 13.5. The summed E-state index contributed by atoms with van der Waals surface area (Å²) in [5.74, 6) is -0.854. The van der Waals surface area contributed by atoms with E-state index in [9.17, 15) is 14.4 Å². The van der Waals surface area contributed by atoms with Crippen LogP contribution >= 0.6 is 0 Å². The number of carbonyl (C=O) groups is 3. The lowest BCUT2D eigenvalue weighted by Crippen LogP contribution is -2.30. The first-order valence-electron chi connectivity index (χ1n) is 30.8. The summed E-state index contributed by atoms with van der Waals surface area (Å²) in [5, 5.41) is 0. The standard InChI is InChI=1S/C65H116O6/c1-4-7-10-13-16-19-22-25-26-27-28-29-30-31-32-33-34-35-36-37-38-39-40-41-44-46-49-52-55-58-64(67)70-61-62(71-65(68)59-56-53-50-47-43-24-21-18-15-12-9-6-3)60-69-63(66)57-54-51-48-45-42-23-20-17-14-11-8-5-2/h7,10,16,19,25-26,28-29,31-32,62H,4-6,8-9,11-15,17-18,20-24,27,30,33-61H2,1-3H3/b10-7-,19-16-,26-25-,29-28-,32-31-. The summed E-state index contributed by atoms with van der Waals surface area (Å²) in [6.07, 6.45) is 75.1. The maximum absolute atomic E-state index is 12.8. The molecular formula is C65H116O6. The Hall–Kier alpha value is -2.89. The first-order chi connectivity index (χ1) is 35.0. The normalized spacial score (nSPS) is 12.4. The molecule has 412 valence electrons. The van der Waals surface area contributed by atoms with Crippen LogP contribution in [0, 0.1) is 0 Å². The van der Waals surface area contributed by atoms with Crippen molar-refractivity contribution in [1.29, 1.82) is 0 Å². The van der Waals surface area contributed by atoms with Crippen molar-refractivity contribution in [3.05, 3.63) is 60.8 Å². The van der Waals surface area contributed by atoms with Crippen molar-refractivity contribution in [1.82, 2.24) is 0 Å². The van der Waals surface area contributed by atoms with Gasteiger partial charge in [0.25, 0.3) is 0 Å². The number of carbonyl (C=O) groups excluding carboxylic acids is 3. The van der Waals surface area contributed by atoms with E-state index in [0.29, 0.717) is 19.3 Å². The molecule has 0 aliphatic heterocycles. The zero-order valence-electron chi connectivity index (χ0n) is 47.2. The van der Waals surface area contributed by atoms with E-state index in [1.54, 1.807) is 0 Å². The highest BCUT2D eigenvalue weighted by atomic mass is 16.6. The fraction of sp³-hybridized carbons (Fsp3) is 0.800. The minimum absolute atomic E-state index is 0.0685. The van der Waals surface area contributed by atoms with Crippen LogP contribution in [0.5, 0.6) is 0 Å². The van der Waals surface area contributed by atoms with Gasteiger partial charge in [0, 0.05) is 19.3 Å². The van der Waals surface area contributed by atoms with Crippen LogP contribution < -0.4 is 0 Å². The summed E-state index contributed by atoms with van der Waals surface area (Å²) in [6.45, 7) is 6.55. The molecule has 0 aromatic carbocycles. The second-order valence-electron chi connectivity index (χ2n) is 20.6. The first-order valence-corrected chi connectivity index (χ1v) is 30.8. The van der Waals surface area contributed by atoms with Crippen molar-refractivity contribution in [3.63, 3.8) is 0 Å². The van der Waals surface area contributed by atoms with Gasteiger partial charge in [0.15, 0.2) is 6.10 Å². The zero-order chi connectivity index (χ0) is 51.4. The van der Waals surface area contributed by atoms with Crippen molar-refractivity contribution in [3.8, 4) is 0 Å². The van der Waals surface area contributed by atoms with Crippen LogP contribution in [0.15, 0.2) is 60.8 Å². The van der Waals surface area contributed by atoms with Gasteiger partial charge >= 0.3 is 17.9 Å². The monoisotopic (exact) mass is 993 g/mol. The molecule has 71 heavy (non-hydrogen) atoms. The number of esters is 3. The minimum atomic E-state index is -0.769. The van der Waals surface area contributed by atoms with Crippen molar-refractivity contribution < 1.29 is 28.6 Å². The van der Waals surface area contributed by atoms with Crippen molar-refractivity contribution in [2.24, 2.45) is 0 Å². The van der Waals surface area contributed by atoms with Gasteiger partial charge < -0.3 is 14.2 Å². The summed E-state index contributed by atoms with van der Waals surface area (Å²) in [5.41, 5.74) is 0. The molecule has 1 unspecified atom stereocenters. The Balaban J connectivity index is 4.15. The molecule has 0 aliphatic rings. The van der Waals surface area contributed by atoms with Crippen LogP contribution in [0.3, 0.4) is 0 Å². The topological polar surface area (TPSA) is 78.9 Å². The van der Waals surface area contributed by atoms with Crippen LogP contribution in [0.4, 0.5) is 0 Å². The lowest BCUT2D eigenvalue weighted by molar-refractivity contribution is -0.167. The average molecular weight is 994 g/mol. The molecule has 0 N–H and O–H groups in total. The smallest absolute Gasteiger partial charge is 0.306 e. The van der Waals surface area contributed by atoms with E-state index in [0.717, 1.165) is 89.9 Å². The quantitative estimate of drug-likeness (QED) is 0.0261. The van der Waals surface area contributed by atoms with E-state index in [4.69, 9.17) is 14.2 Å². The number of hydrogen-bond donors (Lipinski definition) is 0. The van der Waals surface area contributed by atoms with Gasteiger partial charge in [0.05, 0.1) is 0 Å². The van der Waals surface area contributed by atoms with Gasteiger partial charge in [-0.3, -0.25) is 14.4 Å². The van der Waals surface area contributed by atoms with Gasteiger partial charge in [-0.25, -0.2) is 0 Å². The third-order valence-corrected chi connectivity index (χ3v) is 13.5. The Bertz CT molecular complexity index is 1280. The maximum Gasteiger partial charge on any atom is 0.306 e. The molecule has 0 rings (SSSR count). The van der Waals surface area contributed by atoms with Gasteiger partial charge in [-0.05, 0) is 64.2 Å². The van der Waals surface area contributed by atoms with Crippen LogP contribution in [0.25, 0.3) is 0 Å². The van der Waals surface area contributed by atoms with Crippen LogP contribution in [0.1, 0.15) is 316 Å². The lowest BCUT2D eigenvalue weighted by atomic mass is 10.0. The molecule has 0 amide bonds. The highest BCUT2D eigenvalue weighted by Gasteiger charge is 2.19. The summed E-state index contributed by atoms with van der Waals surface area (Å²) < 4.78 is 16.9. The largest absolute Gasteiger partial charge is 0.462 e. The molecule has 6 nitrogen and oxygen atoms in total. The average Bonchev–Trinajstić information content (AvgIpc) is 3.37. The fourth-order valence-corrected chi connectivity index (χ4v) is 8.94. The number of unbranched alkanes of at least 4 members (excludes halogenated alkanes) is 35. The van der Waals surface area contributed by atoms with Crippen LogP contribution in [0.2, 0.25) is 0 Å². The molecule has 0 spiro atoms. The number of ether oxygens (including phenoxy) is 3. The third kappa shape index (κ3) is 57.9. The Morgan fingerprint density at radius 3 is 0.859 bits per heavy atom. The molecule has 0 aromatic heterocycles. The van der Waals surface area contributed by atoms with E-state index in [1.165, 1.54) is 186 Å². The Labute approximate surface area is 440 Å². The van der Waals surface area contributed by atoms with Gasteiger partial charge in [-0.15, -0.1) is 0 Å². The van der Waals surface area contributed by atoms with Gasteiger partial charge in [0.2, 0.25) is 0 Å². The van der Waals surface area contributed by atoms with E-state index >= 15 is 0 Å². The summed E-state index contributed by atoms with van der Waals surface area (Å²) in [6, 6.07) is 0. The van der Waals surface area contributed by atoms with Gasteiger partial charge in [0.1, 0.15) is 13.2 Å². The van der Waals surface area contributed by atoms with Gasteiger partial charge in [-0.1, -0.05) is 293 Å². The number of hydrogen-bond acceptors (Lipinski definition) is 6. The predicted octanol–water partition coefficient (Wildman–Crippen LogP) is 20.8. The molecule has 6 heteroatoms. The molecule has 0 fully saturated rings. The van der Waals surface area contributed by atoms with Crippen LogP contribution in [-0.4, -0.2) is 37.2 Å². The SMILES string of the molecule is CC/C=C\C/C=C\C/C=C\C/C=C\C/C=C\CCCCCCCCCCCCCCCC(=O)OCC(COC(=O)CCCCCCCCCCCCCC)OC(=O)CCCCCCCCCCCCCC. The Morgan fingerprint density at radius 2 is 0.549 bits per heavy atom. The summed E-state index contributed by atoms with van der Waals surface area (Å²) in [7, 11) is 0. The predicted molar refractivity (Wildman–Crippen MR) is 307 cm³/mol. The summed E-state index contributed by atoms with van der Waals surface area (Å²) >= 11 is 0. The molecule has 0 bridgehead atoms. The number of allylic oxidation sites excluding steroid dienone is 10. The second kappa shape index (κ2) is 59.7. The highest BCUT2D eigenvalue weighted by Crippen LogP contribution is 2.17. The van der Waals surface area contributed by atoms with E-state index in [-0.39, 0.29) is 31.1 Å². The molecule has 0 aliphatic carbocycles. The highest BCUT2D eigenvalue weighted by molar-refractivity contribution is 5.71. The van der Waals surface area contributed by atoms with E-state index < -0.39 is 6.10 Å². The zero-order valence-corrected chi connectivity index (χ0v) is 47.2. The lowest BCUT2D eigenvalue weighted by Gasteiger charge is -2.18. The fourth-order valence-electron chi connectivity index (χ4n) is 8.94. The van der Waals surface area contributed by atoms with Crippen molar-refractivity contribution in [2.45, 2.75) is 322 Å². The summed E-state index contributed by atoms with van der Waals surface area (Å²) in [4.78, 5) is 38.1. The molecule has 0 saturated heterocycles. The van der Waals surface area contributed by atoms with Crippen molar-refractivity contribution in [2.75, 3.05) is 13.2 Å². The Kier molecular flexibility index (Phi) is 57.2. The molecular weight excluding hydrogens is 877 g/mol. The van der Waals surface area contributed by atoms with E-state index in [1.807, 2.05) is 0 Å². The van der Waals surface area contributed by atoms with E-state index in [2.05, 4.69) is 81.5 Å².